The summed E-state index contributed by atoms with van der Waals surface area (Å²) in [6.45, 7) is 7.51. The molecule has 2 unspecified atom stereocenters. The molecule has 0 bridgehead atoms. The molecule has 3 aliphatic carbocycles. The molecule has 1 spiro atoms. The quantitative estimate of drug-likeness (QED) is 0.836. The van der Waals surface area contributed by atoms with Crippen molar-refractivity contribution < 1.29 is 4.79 Å². The van der Waals surface area contributed by atoms with E-state index in [4.69, 9.17) is 0 Å². The highest BCUT2D eigenvalue weighted by atomic mass is 16.2. The fourth-order valence-corrected chi connectivity index (χ4v) is 5.53. The fraction of sp³-hybridized carbons (Fsp3) is 0.545. The number of fused-ring (bicyclic) bond motifs is 2. The molecule has 1 N–H and O–H groups in total. The number of carbonyl (C=O) groups excluding carboxylic acids is 1. The molecule has 5 nitrogen and oxygen atoms in total. The summed E-state index contributed by atoms with van der Waals surface area (Å²) in [6.07, 6.45) is 13.2. The lowest BCUT2D eigenvalue weighted by molar-refractivity contribution is -0.000178. The first kappa shape index (κ1) is 15.9. The number of piperazine rings is 1. The van der Waals surface area contributed by atoms with Gasteiger partial charge in [-0.15, -0.1) is 0 Å². The van der Waals surface area contributed by atoms with Crippen molar-refractivity contribution in [3.63, 3.8) is 0 Å². The Morgan fingerprint density at radius 3 is 2.85 bits per heavy atom. The van der Waals surface area contributed by atoms with Crippen molar-refractivity contribution in [2.24, 2.45) is 5.41 Å². The average Bonchev–Trinajstić information content (AvgIpc) is 3.31. The lowest BCUT2D eigenvalue weighted by atomic mass is 9.88. The third kappa shape index (κ3) is 2.09. The smallest absolute Gasteiger partial charge is 0.272 e. The first-order chi connectivity index (χ1) is 13.0. The van der Waals surface area contributed by atoms with Gasteiger partial charge in [0.25, 0.3) is 5.91 Å². The van der Waals surface area contributed by atoms with Gasteiger partial charge in [0.2, 0.25) is 0 Å². The second-order valence-electron chi connectivity index (χ2n) is 9.41. The van der Waals surface area contributed by atoms with Gasteiger partial charge in [-0.2, -0.15) is 5.10 Å². The zero-order valence-electron chi connectivity index (χ0n) is 16.1. The van der Waals surface area contributed by atoms with Gasteiger partial charge in [0.05, 0.1) is 11.7 Å². The van der Waals surface area contributed by atoms with E-state index in [0.29, 0.717) is 11.6 Å². The van der Waals surface area contributed by atoms with Crippen molar-refractivity contribution in [1.29, 1.82) is 0 Å². The van der Waals surface area contributed by atoms with Gasteiger partial charge in [-0.3, -0.25) is 14.8 Å². The molecule has 140 valence electrons. The van der Waals surface area contributed by atoms with Gasteiger partial charge >= 0.3 is 0 Å². The van der Waals surface area contributed by atoms with Crippen LogP contribution in [0.2, 0.25) is 0 Å². The number of carbonyl (C=O) groups is 1. The van der Waals surface area contributed by atoms with E-state index in [1.54, 1.807) is 0 Å². The Kier molecular flexibility index (Phi) is 2.95. The summed E-state index contributed by atoms with van der Waals surface area (Å²) in [6, 6.07) is 0.423. The summed E-state index contributed by atoms with van der Waals surface area (Å²) < 4.78 is 0. The molecule has 1 aromatic heterocycles. The van der Waals surface area contributed by atoms with E-state index in [9.17, 15) is 4.79 Å². The van der Waals surface area contributed by atoms with Crippen molar-refractivity contribution in [2.75, 3.05) is 19.6 Å². The number of rotatable bonds is 1. The summed E-state index contributed by atoms with van der Waals surface area (Å²) in [4.78, 5) is 18.1. The largest absolute Gasteiger partial charge is 0.331 e. The summed E-state index contributed by atoms with van der Waals surface area (Å²) in [5, 5.41) is 7.73. The Morgan fingerprint density at radius 1 is 1.19 bits per heavy atom. The van der Waals surface area contributed by atoms with Crippen molar-refractivity contribution in [2.45, 2.75) is 51.1 Å². The van der Waals surface area contributed by atoms with E-state index < -0.39 is 0 Å². The van der Waals surface area contributed by atoms with Crippen LogP contribution in [-0.2, 0) is 6.42 Å². The van der Waals surface area contributed by atoms with E-state index >= 15 is 0 Å². The van der Waals surface area contributed by atoms with E-state index in [0.717, 1.165) is 49.3 Å². The van der Waals surface area contributed by atoms with Crippen LogP contribution in [0.5, 0.6) is 0 Å². The number of aromatic nitrogens is 2. The zero-order chi connectivity index (χ0) is 18.4. The fourth-order valence-electron chi connectivity index (χ4n) is 5.53. The lowest BCUT2D eigenvalue weighted by Crippen LogP contribution is -2.61. The van der Waals surface area contributed by atoms with Crippen LogP contribution in [0, 0.1) is 5.41 Å². The number of allylic oxidation sites excluding steroid dienone is 6. The van der Waals surface area contributed by atoms with Crippen LogP contribution in [0.15, 0.2) is 29.9 Å². The number of aromatic amines is 1. The van der Waals surface area contributed by atoms with E-state index in [1.165, 1.54) is 24.1 Å². The Labute approximate surface area is 159 Å². The maximum atomic E-state index is 13.4. The molecule has 1 aromatic rings. The highest BCUT2D eigenvalue weighted by Gasteiger charge is 2.68. The summed E-state index contributed by atoms with van der Waals surface area (Å²) in [7, 11) is 0. The minimum absolute atomic E-state index is 0.0508. The molecule has 3 heterocycles. The van der Waals surface area contributed by atoms with Gasteiger partial charge in [-0.05, 0) is 31.3 Å². The molecule has 2 saturated heterocycles. The van der Waals surface area contributed by atoms with Crippen LogP contribution in [0.4, 0.5) is 0 Å². The Hall–Kier alpha value is -2.14. The summed E-state index contributed by atoms with van der Waals surface area (Å²) >= 11 is 0. The zero-order valence-corrected chi connectivity index (χ0v) is 16.1. The number of nitrogens with one attached hydrogen (secondary N) is 1. The highest BCUT2D eigenvalue weighted by molar-refractivity contribution is 5.97. The number of amides is 1. The molecular formula is C22H26N4O. The Balaban J connectivity index is 1.34. The van der Waals surface area contributed by atoms with Gasteiger partial charge in [-0.25, -0.2) is 0 Å². The Morgan fingerprint density at radius 2 is 2.04 bits per heavy atom. The van der Waals surface area contributed by atoms with Gasteiger partial charge in [0.15, 0.2) is 0 Å². The van der Waals surface area contributed by atoms with E-state index in [2.05, 4.69) is 58.1 Å². The van der Waals surface area contributed by atoms with E-state index in [1.807, 2.05) is 0 Å². The topological polar surface area (TPSA) is 52.2 Å². The van der Waals surface area contributed by atoms with Crippen LogP contribution in [0.1, 0.15) is 54.9 Å². The average molecular weight is 362 g/mol. The van der Waals surface area contributed by atoms with Crippen LogP contribution in [-0.4, -0.2) is 57.1 Å². The first-order valence-corrected chi connectivity index (χ1v) is 10.2. The van der Waals surface area contributed by atoms with Crippen molar-refractivity contribution >= 4 is 11.5 Å². The van der Waals surface area contributed by atoms with E-state index in [-0.39, 0.29) is 11.3 Å². The molecule has 2 atom stereocenters. The van der Waals surface area contributed by atoms with Gasteiger partial charge < -0.3 is 4.90 Å². The third-order valence-electron chi connectivity index (χ3n) is 7.42. The minimum Gasteiger partial charge on any atom is -0.331 e. The van der Waals surface area contributed by atoms with Gasteiger partial charge in [0.1, 0.15) is 5.69 Å². The maximum Gasteiger partial charge on any atom is 0.272 e. The monoisotopic (exact) mass is 362 g/mol. The predicted octanol–water partition coefficient (Wildman–Crippen LogP) is 2.93. The number of H-pyrrole nitrogens is 1. The molecule has 5 aliphatic rings. The second kappa shape index (κ2) is 5.02. The maximum absolute atomic E-state index is 13.4. The van der Waals surface area contributed by atoms with Crippen molar-refractivity contribution in [3.8, 4) is 0 Å². The van der Waals surface area contributed by atoms with Crippen molar-refractivity contribution in [3.05, 3.63) is 46.8 Å². The minimum atomic E-state index is 0.0508. The molecule has 1 amide bonds. The van der Waals surface area contributed by atoms with Crippen LogP contribution < -0.4 is 0 Å². The number of nitrogens with zero attached hydrogens (tertiary/aromatic N) is 3. The predicted molar refractivity (Wildman–Crippen MR) is 104 cm³/mol. The van der Waals surface area contributed by atoms with Crippen LogP contribution in [0.25, 0.3) is 5.57 Å². The van der Waals surface area contributed by atoms with Gasteiger partial charge in [-0.1, -0.05) is 38.2 Å². The van der Waals surface area contributed by atoms with Crippen molar-refractivity contribution in [1.82, 2.24) is 20.0 Å². The molecular weight excluding hydrogens is 336 g/mol. The number of hydrogen-bond donors (Lipinski definition) is 1. The summed E-state index contributed by atoms with van der Waals surface area (Å²) in [5.41, 5.74) is 5.72. The van der Waals surface area contributed by atoms with Gasteiger partial charge in [0, 0.05) is 41.7 Å². The molecule has 1 saturated carbocycles. The molecule has 3 fully saturated rings. The van der Waals surface area contributed by atoms with Crippen LogP contribution >= 0.6 is 0 Å². The lowest BCUT2D eigenvalue weighted by Gasteiger charge is -2.48. The number of hydrogen-bond acceptors (Lipinski definition) is 3. The molecule has 27 heavy (non-hydrogen) atoms. The highest BCUT2D eigenvalue weighted by Crippen LogP contribution is 2.56. The Bertz CT molecular complexity index is 950. The summed E-state index contributed by atoms with van der Waals surface area (Å²) in [5.74, 6) is 0.162. The SMILES string of the molecule is CC1(C)C=CC2=C(C=C1)c1n[nH]c(C(=O)N3CCN4CCC45CC35)c1CC2. The standard InChI is InChI=1S/C22H26N4O/c1-21(2)7-5-14-3-4-16-18(15(14)6-8-21)23-24-19(16)20(27)26-12-11-25-10-9-22(25)13-17(22)26/h5-8,17H,3-4,9-13H2,1-2H3,(H,23,24). The molecule has 2 aliphatic heterocycles. The molecule has 0 aromatic carbocycles. The first-order valence-electron chi connectivity index (χ1n) is 10.2. The third-order valence-corrected chi connectivity index (χ3v) is 7.42. The molecule has 5 heteroatoms. The molecule has 0 radical (unpaired) electrons. The normalized spacial score (nSPS) is 32.8. The van der Waals surface area contributed by atoms with Crippen LogP contribution in [0.3, 0.4) is 0 Å². The molecule has 6 rings (SSSR count). The second-order valence-corrected chi connectivity index (χ2v) is 9.41.